The molecule has 0 aliphatic rings. The van der Waals surface area contributed by atoms with Gasteiger partial charge in [0.1, 0.15) is 4.88 Å². The predicted molar refractivity (Wildman–Crippen MR) is 54.5 cm³/mol. The number of carboxylic acids is 1. The molecule has 0 radical (unpaired) electrons. The van der Waals surface area contributed by atoms with Crippen molar-refractivity contribution in [1.29, 1.82) is 0 Å². The lowest BCUT2D eigenvalue weighted by atomic mass is 10.5. The van der Waals surface area contributed by atoms with Crippen molar-refractivity contribution in [3.63, 3.8) is 0 Å². The Morgan fingerprint density at radius 1 is 1.57 bits per heavy atom. The minimum absolute atomic E-state index is 0.201. The lowest BCUT2D eigenvalue weighted by molar-refractivity contribution is 0.0702. The molecule has 6 heteroatoms. The molecule has 2 aromatic heterocycles. The molecule has 14 heavy (non-hydrogen) atoms. The number of furan rings is 1. The molecule has 0 saturated heterocycles. The summed E-state index contributed by atoms with van der Waals surface area (Å²) >= 11 is 4.24. The molecule has 1 N–H and O–H groups in total. The lowest BCUT2D eigenvalue weighted by Crippen LogP contribution is -1.89. The average Bonchev–Trinajstić information content (AvgIpc) is 2.70. The van der Waals surface area contributed by atoms with Crippen molar-refractivity contribution in [2.24, 2.45) is 0 Å². The average molecular weight is 274 g/mol. The number of aromatic nitrogens is 1. The first-order valence-corrected chi connectivity index (χ1v) is 5.22. The normalized spacial score (nSPS) is 10.4. The van der Waals surface area contributed by atoms with Crippen LogP contribution in [-0.2, 0) is 0 Å². The van der Waals surface area contributed by atoms with E-state index in [0.29, 0.717) is 15.4 Å². The number of rotatable bonds is 2. The van der Waals surface area contributed by atoms with Crippen LogP contribution in [0.25, 0.3) is 10.8 Å². The summed E-state index contributed by atoms with van der Waals surface area (Å²) in [5.74, 6) is -0.409. The maximum atomic E-state index is 10.6. The number of hydrogen-bond acceptors (Lipinski definition) is 4. The van der Waals surface area contributed by atoms with Crippen LogP contribution in [0.15, 0.2) is 27.4 Å². The third kappa shape index (κ3) is 1.71. The summed E-state index contributed by atoms with van der Waals surface area (Å²) in [6, 6.07) is 3.46. The summed E-state index contributed by atoms with van der Waals surface area (Å²) in [5.41, 5.74) is 0. The smallest absolute Gasteiger partial charge is 0.347 e. The van der Waals surface area contributed by atoms with Gasteiger partial charge in [-0.2, -0.15) is 0 Å². The highest BCUT2D eigenvalue weighted by Gasteiger charge is 2.12. The van der Waals surface area contributed by atoms with E-state index < -0.39 is 5.97 Å². The van der Waals surface area contributed by atoms with E-state index in [4.69, 9.17) is 9.52 Å². The number of thiazole rings is 1. The largest absolute Gasteiger partial charge is 0.477 e. The Balaban J connectivity index is 2.38. The van der Waals surface area contributed by atoms with Gasteiger partial charge in [-0.1, -0.05) is 0 Å². The van der Waals surface area contributed by atoms with Crippen LogP contribution >= 0.6 is 27.3 Å². The number of hydrogen-bond donors (Lipinski definition) is 1. The number of aromatic carboxylic acids is 1. The van der Waals surface area contributed by atoms with Crippen molar-refractivity contribution in [2.45, 2.75) is 0 Å². The molecule has 0 atom stereocenters. The van der Waals surface area contributed by atoms with Crippen LogP contribution in [0.4, 0.5) is 0 Å². The Bertz CT molecular complexity index is 476. The minimum Gasteiger partial charge on any atom is -0.477 e. The Hall–Kier alpha value is -1.14. The molecule has 0 spiro atoms. The Morgan fingerprint density at radius 2 is 2.36 bits per heavy atom. The fourth-order valence-electron chi connectivity index (χ4n) is 0.916. The van der Waals surface area contributed by atoms with Crippen molar-refractivity contribution < 1.29 is 14.3 Å². The molecule has 0 saturated carbocycles. The Labute approximate surface area is 91.3 Å². The van der Waals surface area contributed by atoms with Crippen molar-refractivity contribution >= 4 is 33.2 Å². The summed E-state index contributed by atoms with van der Waals surface area (Å²) in [6.07, 6.45) is 1.32. The molecule has 0 aromatic carbocycles. The zero-order valence-electron chi connectivity index (χ0n) is 6.73. The van der Waals surface area contributed by atoms with Gasteiger partial charge in [-0.25, -0.2) is 9.78 Å². The van der Waals surface area contributed by atoms with Gasteiger partial charge in [0, 0.05) is 0 Å². The first-order chi connectivity index (χ1) is 6.66. The molecule has 2 rings (SSSR count). The van der Waals surface area contributed by atoms with E-state index in [-0.39, 0.29) is 4.88 Å². The van der Waals surface area contributed by atoms with Crippen LogP contribution in [0.5, 0.6) is 0 Å². The third-order valence-electron chi connectivity index (χ3n) is 1.50. The zero-order valence-corrected chi connectivity index (χ0v) is 9.13. The van der Waals surface area contributed by atoms with E-state index >= 15 is 0 Å². The number of halogens is 1. The van der Waals surface area contributed by atoms with Gasteiger partial charge in [-0.15, -0.1) is 11.3 Å². The number of carboxylic acid groups (broad SMARTS) is 1. The second-order valence-electron chi connectivity index (χ2n) is 2.44. The predicted octanol–water partition coefficient (Wildman–Crippen LogP) is 2.86. The van der Waals surface area contributed by atoms with Gasteiger partial charge < -0.3 is 9.52 Å². The van der Waals surface area contributed by atoms with Gasteiger partial charge in [0.15, 0.2) is 15.4 Å². The molecule has 0 amide bonds. The van der Waals surface area contributed by atoms with E-state index in [1.54, 1.807) is 12.1 Å². The maximum absolute atomic E-state index is 10.6. The summed E-state index contributed by atoms with van der Waals surface area (Å²) < 4.78 is 5.83. The van der Waals surface area contributed by atoms with E-state index in [2.05, 4.69) is 20.9 Å². The van der Waals surface area contributed by atoms with E-state index in [9.17, 15) is 4.79 Å². The Morgan fingerprint density at radius 3 is 2.86 bits per heavy atom. The SMILES string of the molecule is O=C(O)c1cnc(-c2ccc(Br)o2)s1. The molecule has 0 aliphatic carbocycles. The lowest BCUT2D eigenvalue weighted by Gasteiger charge is -1.86. The Kier molecular flexibility index (Phi) is 2.39. The monoisotopic (exact) mass is 273 g/mol. The second kappa shape index (κ2) is 3.55. The molecular weight excluding hydrogens is 270 g/mol. The molecule has 0 fully saturated rings. The highest BCUT2D eigenvalue weighted by Crippen LogP contribution is 2.28. The van der Waals surface area contributed by atoms with Gasteiger partial charge in [0.2, 0.25) is 0 Å². The number of nitrogens with zero attached hydrogens (tertiary/aromatic N) is 1. The highest BCUT2D eigenvalue weighted by atomic mass is 79.9. The van der Waals surface area contributed by atoms with E-state index in [0.717, 1.165) is 11.3 Å². The minimum atomic E-state index is -0.973. The van der Waals surface area contributed by atoms with Crippen LogP contribution in [0.1, 0.15) is 9.67 Å². The molecule has 0 unspecified atom stereocenters. The van der Waals surface area contributed by atoms with Gasteiger partial charge in [0.25, 0.3) is 0 Å². The first-order valence-electron chi connectivity index (χ1n) is 3.61. The summed E-state index contributed by atoms with van der Waals surface area (Å²) in [6.45, 7) is 0. The summed E-state index contributed by atoms with van der Waals surface area (Å²) in [5, 5.41) is 9.24. The van der Waals surface area contributed by atoms with Crippen LogP contribution in [0, 0.1) is 0 Å². The fraction of sp³-hybridized carbons (Fsp3) is 0. The molecule has 2 aromatic rings. The van der Waals surface area contributed by atoms with Crippen LogP contribution < -0.4 is 0 Å². The third-order valence-corrected chi connectivity index (χ3v) is 2.93. The zero-order chi connectivity index (χ0) is 10.1. The topological polar surface area (TPSA) is 63.3 Å². The van der Waals surface area contributed by atoms with Crippen molar-refractivity contribution in [2.75, 3.05) is 0 Å². The van der Waals surface area contributed by atoms with Crippen molar-refractivity contribution in [1.82, 2.24) is 4.98 Å². The van der Waals surface area contributed by atoms with Crippen molar-refractivity contribution in [3.8, 4) is 10.8 Å². The number of carbonyl (C=O) groups is 1. The standard InChI is InChI=1S/C8H4BrNO3S/c9-6-2-1-4(13-6)7-10-3-5(14-7)8(11)12/h1-3H,(H,11,12). The molecule has 0 aliphatic heterocycles. The molecule has 0 bridgehead atoms. The van der Waals surface area contributed by atoms with Gasteiger partial charge in [-0.05, 0) is 28.1 Å². The molecule has 4 nitrogen and oxygen atoms in total. The second-order valence-corrected chi connectivity index (χ2v) is 4.25. The van der Waals surface area contributed by atoms with Gasteiger partial charge in [-0.3, -0.25) is 0 Å². The van der Waals surface area contributed by atoms with Gasteiger partial charge in [0.05, 0.1) is 6.20 Å². The summed E-state index contributed by atoms with van der Waals surface area (Å²) in [7, 11) is 0. The quantitative estimate of drug-likeness (QED) is 0.914. The van der Waals surface area contributed by atoms with Crippen LogP contribution in [0.3, 0.4) is 0 Å². The van der Waals surface area contributed by atoms with E-state index in [1.165, 1.54) is 6.20 Å². The molecular formula is C8H4BrNO3S. The first kappa shape index (κ1) is 9.42. The van der Waals surface area contributed by atoms with Crippen LogP contribution in [-0.4, -0.2) is 16.1 Å². The van der Waals surface area contributed by atoms with Crippen molar-refractivity contribution in [3.05, 3.63) is 27.9 Å². The van der Waals surface area contributed by atoms with E-state index in [1.807, 2.05) is 0 Å². The molecule has 2 heterocycles. The van der Waals surface area contributed by atoms with Gasteiger partial charge >= 0.3 is 5.97 Å². The maximum Gasteiger partial charge on any atom is 0.347 e. The highest BCUT2D eigenvalue weighted by molar-refractivity contribution is 9.10. The van der Waals surface area contributed by atoms with Crippen LogP contribution in [0.2, 0.25) is 0 Å². The molecule has 72 valence electrons. The summed E-state index contributed by atoms with van der Waals surface area (Å²) in [4.78, 5) is 14.7. The fourth-order valence-corrected chi connectivity index (χ4v) is 1.94.